The first-order valence-electron chi connectivity index (χ1n) is 6.94. The average molecular weight is 319 g/mol. The molecule has 0 saturated carbocycles. The lowest BCUT2D eigenvalue weighted by Crippen LogP contribution is -2.32. The predicted octanol–water partition coefficient (Wildman–Crippen LogP) is 1.81. The van der Waals surface area contributed by atoms with Crippen LogP contribution in [-0.4, -0.2) is 50.6 Å². The minimum atomic E-state index is -3.48. The van der Waals surface area contributed by atoms with Crippen molar-refractivity contribution in [2.45, 2.75) is 11.8 Å². The van der Waals surface area contributed by atoms with E-state index in [-0.39, 0.29) is 16.7 Å². The summed E-state index contributed by atoms with van der Waals surface area (Å²) in [5.41, 5.74) is 1.65. The molecule has 0 radical (unpaired) electrons. The van der Waals surface area contributed by atoms with E-state index in [2.05, 4.69) is 9.98 Å². The summed E-state index contributed by atoms with van der Waals surface area (Å²) in [6, 6.07) is 1.59. The Kier molecular flexibility index (Phi) is 3.84. The third-order valence-electron chi connectivity index (χ3n) is 3.43. The van der Waals surface area contributed by atoms with Gasteiger partial charge in [0.1, 0.15) is 17.4 Å². The van der Waals surface area contributed by atoms with Crippen molar-refractivity contribution < 1.29 is 13.2 Å². The highest BCUT2D eigenvalue weighted by molar-refractivity contribution is 7.91. The first-order chi connectivity index (χ1) is 10.5. The third-order valence-corrected chi connectivity index (χ3v) is 5.17. The fraction of sp³-hybridized carbons (Fsp3) is 0.333. The van der Waals surface area contributed by atoms with E-state index in [0.29, 0.717) is 24.5 Å². The van der Waals surface area contributed by atoms with Crippen LogP contribution < -0.4 is 4.74 Å². The summed E-state index contributed by atoms with van der Waals surface area (Å²) in [5, 5.41) is 0. The van der Waals surface area contributed by atoms with Gasteiger partial charge in [-0.25, -0.2) is 13.4 Å². The van der Waals surface area contributed by atoms with Crippen molar-refractivity contribution >= 4 is 27.9 Å². The molecule has 0 bridgehead atoms. The number of allylic oxidation sites excluding steroid dienone is 3. The number of rotatable bonds is 0. The van der Waals surface area contributed by atoms with Gasteiger partial charge in [-0.1, -0.05) is 18.2 Å². The Morgan fingerprint density at radius 2 is 2.18 bits per heavy atom. The Balaban J connectivity index is 2.16. The van der Waals surface area contributed by atoms with Gasteiger partial charge in [0.05, 0.1) is 0 Å². The minimum Gasteiger partial charge on any atom is -0.475 e. The number of likely N-dealkylation sites (N-methyl/N-ethyl adjacent to an activating group) is 1. The summed E-state index contributed by atoms with van der Waals surface area (Å²) in [5.74, 6) is 0.557. The summed E-state index contributed by atoms with van der Waals surface area (Å²) < 4.78 is 30.6. The number of ether oxygens (including phenoxy) is 1. The molecule has 0 amide bonds. The van der Waals surface area contributed by atoms with Crippen molar-refractivity contribution in [1.29, 1.82) is 0 Å². The monoisotopic (exact) mass is 319 g/mol. The number of aromatic nitrogens is 1. The second-order valence-corrected chi connectivity index (χ2v) is 7.33. The number of pyridine rings is 1. The molecular formula is C15H17N3O3S. The molecule has 0 N–H and O–H groups in total. The Bertz CT molecular complexity index is 794. The van der Waals surface area contributed by atoms with Crippen molar-refractivity contribution in [2.24, 2.45) is 4.99 Å². The molecule has 0 aromatic carbocycles. The van der Waals surface area contributed by atoms with Crippen LogP contribution in [0.15, 0.2) is 33.7 Å². The highest BCUT2D eigenvalue weighted by atomic mass is 32.2. The van der Waals surface area contributed by atoms with Crippen LogP contribution in [-0.2, 0) is 9.84 Å². The Labute approximate surface area is 129 Å². The molecule has 1 aromatic rings. The van der Waals surface area contributed by atoms with Crippen LogP contribution in [0.2, 0.25) is 0 Å². The lowest BCUT2D eigenvalue weighted by molar-refractivity contribution is 0.236. The molecule has 0 spiro atoms. The molecule has 1 aromatic heterocycles. The first kappa shape index (κ1) is 14.9. The van der Waals surface area contributed by atoms with E-state index in [1.165, 1.54) is 0 Å². The summed E-state index contributed by atoms with van der Waals surface area (Å²) in [6.07, 6.45) is 7.27. The van der Waals surface area contributed by atoms with E-state index in [0.717, 1.165) is 5.57 Å². The number of hydrogen-bond acceptors (Lipinski definition) is 6. The van der Waals surface area contributed by atoms with Gasteiger partial charge < -0.3 is 4.74 Å². The van der Waals surface area contributed by atoms with E-state index < -0.39 is 9.84 Å². The number of nitrogens with zero attached hydrogens (tertiary/aromatic N) is 3. The Morgan fingerprint density at radius 3 is 3.00 bits per heavy atom. The molecule has 0 saturated heterocycles. The molecule has 3 rings (SSSR count). The highest BCUT2D eigenvalue weighted by Gasteiger charge is 2.27. The zero-order valence-electron chi connectivity index (χ0n) is 12.5. The molecule has 3 heterocycles. The van der Waals surface area contributed by atoms with Gasteiger partial charge in [0.2, 0.25) is 5.88 Å². The number of hydrogen-bond donors (Lipinski definition) is 0. The Hall–Kier alpha value is -1.99. The summed E-state index contributed by atoms with van der Waals surface area (Å²) in [4.78, 5) is 10.5. The molecular weight excluding hydrogens is 302 g/mol. The van der Waals surface area contributed by atoms with E-state index in [1.807, 2.05) is 19.1 Å². The van der Waals surface area contributed by atoms with Crippen LogP contribution in [0, 0.1) is 0 Å². The van der Waals surface area contributed by atoms with Crippen LogP contribution in [0.1, 0.15) is 12.5 Å². The molecule has 22 heavy (non-hydrogen) atoms. The predicted molar refractivity (Wildman–Crippen MR) is 85.4 cm³/mol. The zero-order chi connectivity index (χ0) is 15.7. The number of fused-ring (bicyclic) bond motifs is 2. The summed E-state index contributed by atoms with van der Waals surface area (Å²) >= 11 is 0. The SMILES string of the molecule is CC1=C\C=C/c2cc3c(nc2/N=C\1)OCCN(C)CS3(=O)=O. The zero-order valence-corrected chi connectivity index (χ0v) is 13.3. The molecule has 0 atom stereocenters. The normalized spacial score (nSPS) is 25.8. The molecule has 0 aliphatic carbocycles. The Morgan fingerprint density at radius 1 is 1.36 bits per heavy atom. The molecule has 0 fully saturated rings. The molecule has 2 aliphatic rings. The average Bonchev–Trinajstić information content (AvgIpc) is 2.42. The quantitative estimate of drug-likeness (QED) is 0.729. The van der Waals surface area contributed by atoms with Crippen LogP contribution in [0.4, 0.5) is 5.82 Å². The van der Waals surface area contributed by atoms with E-state index in [4.69, 9.17) is 4.74 Å². The van der Waals surface area contributed by atoms with Gasteiger partial charge in [0.15, 0.2) is 15.7 Å². The second kappa shape index (κ2) is 5.66. The summed E-state index contributed by atoms with van der Waals surface area (Å²) in [7, 11) is -1.72. The van der Waals surface area contributed by atoms with Gasteiger partial charge in [0, 0.05) is 18.3 Å². The maximum absolute atomic E-state index is 12.5. The lowest BCUT2D eigenvalue weighted by atomic mass is 10.2. The van der Waals surface area contributed by atoms with E-state index in [9.17, 15) is 8.42 Å². The van der Waals surface area contributed by atoms with E-state index >= 15 is 0 Å². The second-order valence-electron chi connectivity index (χ2n) is 5.40. The largest absolute Gasteiger partial charge is 0.475 e. The molecule has 7 heteroatoms. The minimum absolute atomic E-state index is 0.0458. The number of sulfone groups is 1. The molecule has 2 aliphatic heterocycles. The third kappa shape index (κ3) is 2.95. The summed E-state index contributed by atoms with van der Waals surface area (Å²) in [6.45, 7) is 2.86. The van der Waals surface area contributed by atoms with Crippen LogP contribution in [0.5, 0.6) is 5.88 Å². The topological polar surface area (TPSA) is 71.9 Å². The van der Waals surface area contributed by atoms with Gasteiger partial charge >= 0.3 is 0 Å². The van der Waals surface area contributed by atoms with Crippen LogP contribution in [0.3, 0.4) is 0 Å². The maximum Gasteiger partial charge on any atom is 0.234 e. The van der Waals surface area contributed by atoms with Crippen molar-refractivity contribution in [3.05, 3.63) is 29.4 Å². The lowest BCUT2D eigenvalue weighted by Gasteiger charge is -2.22. The maximum atomic E-state index is 12.5. The van der Waals surface area contributed by atoms with Gasteiger partial charge in [-0.15, -0.1) is 0 Å². The standard InChI is InChI=1S/C15H17N3O3S/c1-11-4-3-5-12-8-13-15(17-14(12)16-9-11)21-7-6-18(2)10-22(13,19)20/h3-5,8-9H,6-7,10H2,1-2H3/b4-3?,5-3-,11-4+,11-9?,12-5?,16-9-,16-14?. The van der Waals surface area contributed by atoms with Crippen LogP contribution >= 0.6 is 0 Å². The first-order valence-corrected chi connectivity index (χ1v) is 8.59. The molecule has 116 valence electrons. The molecule has 0 unspecified atom stereocenters. The van der Waals surface area contributed by atoms with Gasteiger partial charge in [0.25, 0.3) is 0 Å². The highest BCUT2D eigenvalue weighted by Crippen LogP contribution is 2.32. The van der Waals surface area contributed by atoms with Crippen molar-refractivity contribution in [2.75, 3.05) is 26.1 Å². The van der Waals surface area contributed by atoms with Crippen LogP contribution in [0.25, 0.3) is 6.08 Å². The van der Waals surface area contributed by atoms with E-state index in [1.54, 1.807) is 30.3 Å². The van der Waals surface area contributed by atoms with Crippen molar-refractivity contribution in [3.8, 4) is 5.88 Å². The fourth-order valence-electron chi connectivity index (χ4n) is 2.27. The number of aliphatic imine (C=N–C) groups is 1. The van der Waals surface area contributed by atoms with Crippen molar-refractivity contribution in [3.63, 3.8) is 0 Å². The smallest absolute Gasteiger partial charge is 0.234 e. The van der Waals surface area contributed by atoms with Crippen molar-refractivity contribution in [1.82, 2.24) is 9.88 Å². The van der Waals surface area contributed by atoms with Gasteiger partial charge in [-0.3, -0.25) is 4.90 Å². The molecule has 6 nitrogen and oxygen atoms in total. The fourth-order valence-corrected chi connectivity index (χ4v) is 3.79. The van der Waals surface area contributed by atoms with Gasteiger partial charge in [-0.05, 0) is 25.6 Å². The van der Waals surface area contributed by atoms with Gasteiger partial charge in [-0.2, -0.15) is 4.98 Å².